The molecule has 4 rings (SSSR count). The molecule has 0 N–H and O–H groups in total. The summed E-state index contributed by atoms with van der Waals surface area (Å²) in [4.78, 5) is 6.06. The van der Waals surface area contributed by atoms with Gasteiger partial charge in [0.2, 0.25) is 0 Å². The first-order valence-electron chi connectivity index (χ1n) is 8.35. The molecular weight excluding hydrogens is 326 g/mol. The van der Waals surface area contributed by atoms with Gasteiger partial charge in [0.1, 0.15) is 0 Å². The summed E-state index contributed by atoms with van der Waals surface area (Å²) >= 11 is 3.66. The van der Waals surface area contributed by atoms with Crippen molar-refractivity contribution in [1.82, 2.24) is 4.98 Å². The number of fused-ring (bicyclic) bond motifs is 1. The molecule has 122 valence electrons. The van der Waals surface area contributed by atoms with Crippen LogP contribution in [0.3, 0.4) is 0 Å². The van der Waals surface area contributed by atoms with Gasteiger partial charge in [-0.2, -0.15) is 0 Å². The molecule has 23 heavy (non-hydrogen) atoms. The number of hydrogen-bond acceptors (Lipinski definition) is 5. The van der Waals surface area contributed by atoms with Crippen molar-refractivity contribution in [2.45, 2.75) is 48.7 Å². The predicted octanol–water partition coefficient (Wildman–Crippen LogP) is 5.25. The van der Waals surface area contributed by atoms with Crippen molar-refractivity contribution in [2.24, 2.45) is 0 Å². The molecule has 2 aliphatic rings. The number of thiazole rings is 1. The van der Waals surface area contributed by atoms with E-state index in [1.807, 2.05) is 29.2 Å². The Morgan fingerprint density at radius 2 is 1.91 bits per heavy atom. The lowest BCUT2D eigenvalue weighted by Crippen LogP contribution is -1.97. The number of ether oxygens (including phenoxy) is 2. The van der Waals surface area contributed by atoms with Gasteiger partial charge in [0, 0.05) is 28.4 Å². The summed E-state index contributed by atoms with van der Waals surface area (Å²) in [6.07, 6.45) is 6.32. The average Bonchev–Trinajstić information content (AvgIpc) is 3.20. The molecule has 1 aromatic heterocycles. The Hall–Kier alpha value is -1.20. The molecule has 1 aliphatic heterocycles. The van der Waals surface area contributed by atoms with Crippen molar-refractivity contribution < 1.29 is 9.47 Å². The van der Waals surface area contributed by atoms with Gasteiger partial charge in [-0.15, -0.1) is 23.1 Å². The fourth-order valence-corrected chi connectivity index (χ4v) is 5.05. The fraction of sp³-hybridized carbons (Fsp3) is 0.500. The quantitative estimate of drug-likeness (QED) is 0.707. The average molecular weight is 348 g/mol. The summed E-state index contributed by atoms with van der Waals surface area (Å²) in [6, 6.07) is 6.23. The molecule has 0 atom stereocenters. The lowest BCUT2D eigenvalue weighted by molar-refractivity contribution is 0.297. The second kappa shape index (κ2) is 7.14. The van der Waals surface area contributed by atoms with Crippen molar-refractivity contribution in [3.8, 4) is 11.5 Å². The summed E-state index contributed by atoms with van der Waals surface area (Å²) in [5.74, 6) is 3.38. The molecular formula is C18H21NO2S2. The van der Waals surface area contributed by atoms with Gasteiger partial charge in [0.15, 0.2) is 11.5 Å². The van der Waals surface area contributed by atoms with E-state index in [4.69, 9.17) is 14.5 Å². The zero-order chi connectivity index (χ0) is 15.5. The Morgan fingerprint density at radius 3 is 2.78 bits per heavy atom. The van der Waals surface area contributed by atoms with Crippen LogP contribution in [0.15, 0.2) is 28.5 Å². The minimum Gasteiger partial charge on any atom is -0.490 e. The highest BCUT2D eigenvalue weighted by molar-refractivity contribution is 7.98. The molecule has 1 saturated carbocycles. The van der Waals surface area contributed by atoms with Crippen LogP contribution in [0.2, 0.25) is 0 Å². The molecule has 0 saturated heterocycles. The molecule has 2 heterocycles. The first kappa shape index (κ1) is 15.3. The van der Waals surface area contributed by atoms with Crippen molar-refractivity contribution in [2.75, 3.05) is 13.2 Å². The molecule has 2 aromatic rings. The molecule has 0 bridgehead atoms. The Kier molecular flexibility index (Phi) is 4.76. The Morgan fingerprint density at radius 1 is 1.09 bits per heavy atom. The Labute approximate surface area is 145 Å². The van der Waals surface area contributed by atoms with Gasteiger partial charge in [-0.05, 0) is 31.0 Å². The third-order valence-corrected chi connectivity index (χ3v) is 6.46. The summed E-state index contributed by atoms with van der Waals surface area (Å²) in [7, 11) is 0. The molecule has 1 aromatic carbocycles. The number of hydrogen-bond donors (Lipinski definition) is 0. The monoisotopic (exact) mass is 347 g/mol. The highest BCUT2D eigenvalue weighted by Crippen LogP contribution is 2.37. The van der Waals surface area contributed by atoms with Crippen molar-refractivity contribution in [3.05, 3.63) is 34.3 Å². The first-order valence-corrected chi connectivity index (χ1v) is 10.2. The van der Waals surface area contributed by atoms with Gasteiger partial charge in [-0.3, -0.25) is 0 Å². The van der Waals surface area contributed by atoms with Crippen molar-refractivity contribution >= 4 is 23.1 Å². The largest absolute Gasteiger partial charge is 0.490 e. The summed E-state index contributed by atoms with van der Waals surface area (Å²) in [6.45, 7) is 1.47. The summed E-state index contributed by atoms with van der Waals surface area (Å²) < 4.78 is 11.4. The number of aromatic nitrogens is 1. The van der Waals surface area contributed by atoms with Crippen LogP contribution in [-0.2, 0) is 5.75 Å². The smallest absolute Gasteiger partial charge is 0.162 e. The van der Waals surface area contributed by atoms with E-state index >= 15 is 0 Å². The fourth-order valence-electron chi connectivity index (χ4n) is 3.14. The van der Waals surface area contributed by atoms with E-state index in [0.29, 0.717) is 0 Å². The van der Waals surface area contributed by atoms with Crippen LogP contribution >= 0.6 is 23.1 Å². The standard InChI is InChI=1S/C18H21NO2S2/c1-2-5-13(4-1)18-19-14(12-23-18)11-22-15-6-7-16-17(10-15)21-9-3-8-20-16/h6-7,10,12-13H,1-5,8-9,11H2. The van der Waals surface area contributed by atoms with Gasteiger partial charge in [-0.1, -0.05) is 12.8 Å². The zero-order valence-corrected chi connectivity index (χ0v) is 14.8. The second-order valence-electron chi connectivity index (χ2n) is 6.11. The molecule has 5 heteroatoms. The molecule has 0 unspecified atom stereocenters. The number of thioether (sulfide) groups is 1. The van der Waals surface area contributed by atoms with Crippen LogP contribution < -0.4 is 9.47 Å². The second-order valence-corrected chi connectivity index (χ2v) is 8.04. The van der Waals surface area contributed by atoms with Crippen molar-refractivity contribution in [1.29, 1.82) is 0 Å². The Bertz CT molecular complexity index is 665. The maximum Gasteiger partial charge on any atom is 0.162 e. The van der Waals surface area contributed by atoms with Gasteiger partial charge < -0.3 is 9.47 Å². The molecule has 1 aliphatic carbocycles. The molecule has 0 spiro atoms. The van der Waals surface area contributed by atoms with E-state index in [2.05, 4.69) is 17.5 Å². The van der Waals surface area contributed by atoms with E-state index in [9.17, 15) is 0 Å². The van der Waals surface area contributed by atoms with E-state index in [-0.39, 0.29) is 0 Å². The highest BCUT2D eigenvalue weighted by Gasteiger charge is 2.20. The van der Waals surface area contributed by atoms with Crippen LogP contribution in [0.5, 0.6) is 11.5 Å². The Balaban J connectivity index is 1.40. The summed E-state index contributed by atoms with van der Waals surface area (Å²) in [5, 5.41) is 3.57. The third kappa shape index (κ3) is 3.66. The molecule has 0 radical (unpaired) electrons. The van der Waals surface area contributed by atoms with Crippen LogP contribution in [0.25, 0.3) is 0 Å². The third-order valence-electron chi connectivity index (χ3n) is 4.38. The van der Waals surface area contributed by atoms with E-state index in [1.54, 1.807) is 0 Å². The molecule has 1 fully saturated rings. The predicted molar refractivity (Wildman–Crippen MR) is 94.9 cm³/mol. The van der Waals surface area contributed by atoms with Gasteiger partial charge >= 0.3 is 0 Å². The van der Waals surface area contributed by atoms with Crippen LogP contribution in [0.4, 0.5) is 0 Å². The van der Waals surface area contributed by atoms with Gasteiger partial charge in [-0.25, -0.2) is 4.98 Å². The molecule has 3 nitrogen and oxygen atoms in total. The highest BCUT2D eigenvalue weighted by atomic mass is 32.2. The SMILES string of the molecule is c1cc2c(cc1SCc1csc(C3CCCC3)n1)OCCCO2. The minimum absolute atomic E-state index is 0.719. The van der Waals surface area contributed by atoms with Crippen molar-refractivity contribution in [3.63, 3.8) is 0 Å². The maximum absolute atomic E-state index is 5.76. The summed E-state index contributed by atoms with van der Waals surface area (Å²) in [5.41, 5.74) is 1.20. The molecule has 0 amide bonds. The lowest BCUT2D eigenvalue weighted by Gasteiger charge is -2.08. The first-order chi connectivity index (χ1) is 11.4. The normalized spacial score (nSPS) is 18.1. The number of nitrogens with zero attached hydrogens (tertiary/aromatic N) is 1. The minimum atomic E-state index is 0.719. The maximum atomic E-state index is 5.76. The van der Waals surface area contributed by atoms with Crippen LogP contribution in [0.1, 0.15) is 48.7 Å². The number of rotatable bonds is 4. The van der Waals surface area contributed by atoms with Crippen LogP contribution in [-0.4, -0.2) is 18.2 Å². The van der Waals surface area contributed by atoms with Crippen LogP contribution in [0, 0.1) is 0 Å². The lowest BCUT2D eigenvalue weighted by atomic mass is 10.1. The van der Waals surface area contributed by atoms with E-state index in [1.165, 1.54) is 41.3 Å². The van der Waals surface area contributed by atoms with Gasteiger partial charge in [0.05, 0.1) is 23.9 Å². The van der Waals surface area contributed by atoms with E-state index < -0.39 is 0 Å². The topological polar surface area (TPSA) is 31.4 Å². The van der Waals surface area contributed by atoms with Gasteiger partial charge in [0.25, 0.3) is 0 Å². The number of benzene rings is 1. The zero-order valence-electron chi connectivity index (χ0n) is 13.1. The van der Waals surface area contributed by atoms with E-state index in [0.717, 1.165) is 42.8 Å².